The fourth-order valence-electron chi connectivity index (χ4n) is 4.37. The van der Waals surface area contributed by atoms with E-state index < -0.39 is 65.9 Å². The Labute approximate surface area is 228 Å². The molecule has 2 heterocycles. The minimum absolute atomic E-state index is 0.141. The SMILES string of the molecule is CCCCCCCCCCCC(=O)OCC1O[C@H](O[C@@]2(CCl)O[C@H](CCl)[C@@H](O)[C@H]2O)C(O)[C@@H](O)[C@H]1Cl. The highest BCUT2D eigenvalue weighted by Crippen LogP contribution is 2.38. The number of aliphatic hydroxyl groups excluding tert-OH is 4. The molecule has 2 fully saturated rings. The van der Waals surface area contributed by atoms with Gasteiger partial charge in [0.2, 0.25) is 5.79 Å². The van der Waals surface area contributed by atoms with E-state index in [1.807, 2.05) is 0 Å². The Morgan fingerprint density at radius 3 is 2.06 bits per heavy atom. The Morgan fingerprint density at radius 2 is 1.50 bits per heavy atom. The highest BCUT2D eigenvalue weighted by atomic mass is 35.5. The Morgan fingerprint density at radius 1 is 0.889 bits per heavy atom. The summed E-state index contributed by atoms with van der Waals surface area (Å²) in [5.41, 5.74) is 0. The molecule has 0 spiro atoms. The molecule has 0 saturated carbocycles. The number of unbranched alkanes of at least 4 members (excludes halogenated alkanes) is 8. The van der Waals surface area contributed by atoms with Gasteiger partial charge in [-0.2, -0.15) is 0 Å². The molecule has 9 atom stereocenters. The topological polar surface area (TPSA) is 135 Å². The van der Waals surface area contributed by atoms with Crippen LogP contribution in [0.4, 0.5) is 0 Å². The molecule has 212 valence electrons. The maximum atomic E-state index is 12.2. The summed E-state index contributed by atoms with van der Waals surface area (Å²) in [4.78, 5) is 12.2. The first-order chi connectivity index (χ1) is 17.2. The van der Waals surface area contributed by atoms with E-state index in [0.717, 1.165) is 19.3 Å². The predicted molar refractivity (Wildman–Crippen MR) is 135 cm³/mol. The number of halogens is 3. The van der Waals surface area contributed by atoms with Gasteiger partial charge in [-0.25, -0.2) is 0 Å². The first kappa shape index (κ1) is 32.3. The van der Waals surface area contributed by atoms with Crippen molar-refractivity contribution < 1.29 is 44.2 Å². The van der Waals surface area contributed by atoms with Gasteiger partial charge in [-0.05, 0) is 6.42 Å². The number of aliphatic hydroxyl groups is 4. The highest BCUT2D eigenvalue weighted by Gasteiger charge is 2.58. The second-order valence-corrected chi connectivity index (χ2v) is 10.6. The van der Waals surface area contributed by atoms with Crippen LogP contribution in [0.3, 0.4) is 0 Å². The van der Waals surface area contributed by atoms with Crippen LogP contribution in [0, 0.1) is 0 Å². The lowest BCUT2D eigenvalue weighted by Gasteiger charge is -2.43. The van der Waals surface area contributed by atoms with Gasteiger partial charge in [0.15, 0.2) is 6.29 Å². The lowest BCUT2D eigenvalue weighted by atomic mass is 10.0. The van der Waals surface area contributed by atoms with E-state index in [0.29, 0.717) is 6.42 Å². The molecular weight excluding hydrogens is 539 g/mol. The quantitative estimate of drug-likeness (QED) is 0.124. The van der Waals surface area contributed by atoms with Gasteiger partial charge in [-0.1, -0.05) is 58.3 Å². The van der Waals surface area contributed by atoms with Crippen molar-refractivity contribution in [2.24, 2.45) is 0 Å². The van der Waals surface area contributed by atoms with Gasteiger partial charge < -0.3 is 39.4 Å². The molecule has 4 N–H and O–H groups in total. The zero-order valence-corrected chi connectivity index (χ0v) is 23.0. The average Bonchev–Trinajstić information content (AvgIpc) is 3.12. The molecule has 0 amide bonds. The molecule has 12 heteroatoms. The molecule has 2 aliphatic rings. The second kappa shape index (κ2) is 16.2. The van der Waals surface area contributed by atoms with Crippen LogP contribution in [0.1, 0.15) is 71.1 Å². The Kier molecular flexibility index (Phi) is 14.5. The first-order valence-electron chi connectivity index (χ1n) is 12.9. The number of rotatable bonds is 16. The van der Waals surface area contributed by atoms with Crippen molar-refractivity contribution >= 4 is 40.8 Å². The third kappa shape index (κ3) is 8.79. The smallest absolute Gasteiger partial charge is 0.305 e. The zero-order valence-electron chi connectivity index (χ0n) is 20.8. The van der Waals surface area contributed by atoms with Crippen LogP contribution in [-0.4, -0.2) is 98.8 Å². The molecule has 2 saturated heterocycles. The Balaban J connectivity index is 1.80. The number of ether oxygens (including phenoxy) is 4. The molecule has 0 aromatic carbocycles. The van der Waals surface area contributed by atoms with Crippen LogP contribution in [0.15, 0.2) is 0 Å². The number of hydrogen-bond donors (Lipinski definition) is 4. The van der Waals surface area contributed by atoms with Crippen molar-refractivity contribution in [3.05, 3.63) is 0 Å². The molecule has 0 aromatic heterocycles. The third-order valence-electron chi connectivity index (χ3n) is 6.67. The molecule has 9 nitrogen and oxygen atoms in total. The van der Waals surface area contributed by atoms with E-state index in [2.05, 4.69) is 6.92 Å². The monoisotopic (exact) mass is 578 g/mol. The van der Waals surface area contributed by atoms with E-state index >= 15 is 0 Å². The van der Waals surface area contributed by atoms with Gasteiger partial charge in [-0.3, -0.25) is 4.79 Å². The molecule has 2 rings (SSSR count). The molecule has 36 heavy (non-hydrogen) atoms. The Hall–Kier alpha value is 0.0600. The second-order valence-electron chi connectivity index (χ2n) is 9.54. The minimum atomic E-state index is -1.94. The van der Waals surface area contributed by atoms with Crippen LogP contribution in [0.5, 0.6) is 0 Å². The highest BCUT2D eigenvalue weighted by molar-refractivity contribution is 6.21. The summed E-state index contributed by atoms with van der Waals surface area (Å²) >= 11 is 18.0. The van der Waals surface area contributed by atoms with Crippen molar-refractivity contribution in [3.8, 4) is 0 Å². The fourth-order valence-corrected chi connectivity index (χ4v) is 5.18. The van der Waals surface area contributed by atoms with Crippen LogP contribution in [0.25, 0.3) is 0 Å². The zero-order chi connectivity index (χ0) is 26.7. The van der Waals surface area contributed by atoms with Crippen molar-refractivity contribution in [3.63, 3.8) is 0 Å². The van der Waals surface area contributed by atoms with E-state index in [4.69, 9.17) is 53.8 Å². The van der Waals surface area contributed by atoms with Crippen molar-refractivity contribution in [1.29, 1.82) is 0 Å². The number of esters is 1. The summed E-state index contributed by atoms with van der Waals surface area (Å²) < 4.78 is 22.1. The molecule has 0 radical (unpaired) electrons. The van der Waals surface area contributed by atoms with Crippen molar-refractivity contribution in [1.82, 2.24) is 0 Å². The maximum absolute atomic E-state index is 12.2. The van der Waals surface area contributed by atoms with Gasteiger partial charge in [0, 0.05) is 6.42 Å². The van der Waals surface area contributed by atoms with Gasteiger partial charge in [0.1, 0.15) is 43.2 Å². The van der Waals surface area contributed by atoms with E-state index in [1.165, 1.54) is 32.1 Å². The largest absolute Gasteiger partial charge is 0.463 e. The molecule has 0 aliphatic carbocycles. The molecule has 2 aliphatic heterocycles. The maximum Gasteiger partial charge on any atom is 0.305 e. The van der Waals surface area contributed by atoms with Crippen molar-refractivity contribution in [2.45, 2.75) is 125 Å². The van der Waals surface area contributed by atoms with Gasteiger partial charge in [0.25, 0.3) is 0 Å². The minimum Gasteiger partial charge on any atom is -0.463 e. The molecular formula is C24H41Cl3O9. The third-order valence-corrected chi connectivity index (χ3v) is 7.89. The standard InChI is InChI=1S/C24H41Cl3O9/c1-2-3-4-5-6-7-8-9-10-11-17(28)33-13-16-18(27)20(30)21(31)23(34-16)36-24(14-26)22(32)19(29)15(12-25)35-24/h15-16,18-23,29-32H,2-14H2,1H3/t15-,16?,18+,19-,20+,21?,22-,23-,24-/m1/s1. The predicted octanol–water partition coefficient (Wildman–Crippen LogP) is 2.82. The number of carbonyl (C=O) groups excluding carboxylic acids is 1. The summed E-state index contributed by atoms with van der Waals surface area (Å²) in [6.07, 6.45) is 0.821. The number of hydrogen-bond acceptors (Lipinski definition) is 9. The normalized spacial score (nSPS) is 36.8. The van der Waals surface area contributed by atoms with E-state index in [9.17, 15) is 25.2 Å². The summed E-state index contributed by atoms with van der Waals surface area (Å²) in [5, 5.41) is 40.3. The van der Waals surface area contributed by atoms with E-state index in [1.54, 1.807) is 0 Å². The summed E-state index contributed by atoms with van der Waals surface area (Å²) in [6.45, 7) is 1.93. The molecule has 0 bridgehead atoms. The molecule has 0 aromatic rings. The number of carbonyl (C=O) groups is 1. The van der Waals surface area contributed by atoms with Crippen LogP contribution in [-0.2, 0) is 23.7 Å². The van der Waals surface area contributed by atoms with Gasteiger partial charge >= 0.3 is 5.97 Å². The summed E-state index contributed by atoms with van der Waals surface area (Å²) in [6, 6.07) is 0. The lowest BCUT2D eigenvalue weighted by molar-refractivity contribution is -0.357. The first-order valence-corrected chi connectivity index (χ1v) is 14.4. The molecule has 2 unspecified atom stereocenters. The van der Waals surface area contributed by atoms with Gasteiger partial charge in [0.05, 0.1) is 17.1 Å². The lowest BCUT2D eigenvalue weighted by Crippen LogP contribution is -2.61. The van der Waals surface area contributed by atoms with Crippen LogP contribution < -0.4 is 0 Å². The average molecular weight is 580 g/mol. The number of alkyl halides is 3. The van der Waals surface area contributed by atoms with Crippen molar-refractivity contribution in [2.75, 3.05) is 18.4 Å². The Bertz CT molecular complexity index is 646. The van der Waals surface area contributed by atoms with Crippen LogP contribution in [0.2, 0.25) is 0 Å². The van der Waals surface area contributed by atoms with Gasteiger partial charge in [-0.15, -0.1) is 34.8 Å². The van der Waals surface area contributed by atoms with Crippen LogP contribution >= 0.6 is 34.8 Å². The fraction of sp³-hybridized carbons (Fsp3) is 0.958. The van der Waals surface area contributed by atoms with E-state index in [-0.39, 0.29) is 18.9 Å². The summed E-state index contributed by atoms with van der Waals surface area (Å²) in [7, 11) is 0. The summed E-state index contributed by atoms with van der Waals surface area (Å²) in [5.74, 6) is -2.92.